The fraction of sp³-hybridized carbons (Fsp3) is 0.647. The van der Waals surface area contributed by atoms with Crippen molar-refractivity contribution in [3.63, 3.8) is 0 Å². The maximum Gasteiger partial charge on any atom is 0.345 e. The van der Waals surface area contributed by atoms with Crippen LogP contribution in [0, 0.1) is 0 Å². The van der Waals surface area contributed by atoms with E-state index in [0.717, 1.165) is 12.8 Å². The molecule has 1 N–H and O–H groups in total. The van der Waals surface area contributed by atoms with E-state index in [-0.39, 0.29) is 24.1 Å². The second-order valence-electron chi connectivity index (χ2n) is 6.05. The second kappa shape index (κ2) is 8.08. The van der Waals surface area contributed by atoms with Gasteiger partial charge in [0.25, 0.3) is 5.56 Å². The molecular weight excluding hydrogens is 310 g/mol. The molecule has 24 heavy (non-hydrogen) atoms. The number of nitrogens with one attached hydrogen (secondary N) is 1. The molecule has 2 unspecified atom stereocenters. The molecule has 0 spiro atoms. The summed E-state index contributed by atoms with van der Waals surface area (Å²) >= 11 is 0. The van der Waals surface area contributed by atoms with Crippen LogP contribution in [0.1, 0.15) is 74.6 Å². The van der Waals surface area contributed by atoms with Crippen molar-refractivity contribution in [2.45, 2.75) is 58.4 Å². The standard InChI is InChI=1S/C17H25N3O4/c1-4-6-9-18-15(21)12-8-7-11(3)20-14(12)19-10-13(16(20)22)17(23)24-5-2/h10-12H,4-9H2,1-3H3,(H,18,21). The zero-order valence-electron chi connectivity index (χ0n) is 14.5. The van der Waals surface area contributed by atoms with Crippen LogP contribution in [0.5, 0.6) is 0 Å². The van der Waals surface area contributed by atoms with Gasteiger partial charge in [-0.2, -0.15) is 0 Å². The Hall–Kier alpha value is -2.18. The summed E-state index contributed by atoms with van der Waals surface area (Å²) in [4.78, 5) is 41.2. The molecule has 0 saturated heterocycles. The van der Waals surface area contributed by atoms with Gasteiger partial charge in [-0.15, -0.1) is 0 Å². The van der Waals surface area contributed by atoms with E-state index in [1.165, 1.54) is 10.8 Å². The Kier molecular flexibility index (Phi) is 6.11. The molecule has 132 valence electrons. The third kappa shape index (κ3) is 3.66. The molecule has 7 nitrogen and oxygen atoms in total. The molecular formula is C17H25N3O4. The highest BCUT2D eigenvalue weighted by Crippen LogP contribution is 2.30. The molecule has 1 amide bonds. The van der Waals surface area contributed by atoms with Crippen LogP contribution in [0.25, 0.3) is 0 Å². The molecule has 1 aromatic rings. The maximum absolute atomic E-state index is 12.7. The smallest absolute Gasteiger partial charge is 0.345 e. The minimum Gasteiger partial charge on any atom is -0.462 e. The lowest BCUT2D eigenvalue weighted by atomic mass is 9.93. The molecule has 1 aromatic heterocycles. The van der Waals surface area contributed by atoms with Gasteiger partial charge in [0.2, 0.25) is 5.91 Å². The summed E-state index contributed by atoms with van der Waals surface area (Å²) in [6, 6.07) is -0.103. The number of nitrogens with zero attached hydrogens (tertiary/aromatic N) is 2. The normalized spacial score (nSPS) is 19.5. The van der Waals surface area contributed by atoms with E-state index in [1.54, 1.807) is 6.92 Å². The molecule has 1 aliphatic rings. The van der Waals surface area contributed by atoms with Gasteiger partial charge in [-0.05, 0) is 33.1 Å². The predicted molar refractivity (Wildman–Crippen MR) is 89.1 cm³/mol. The highest BCUT2D eigenvalue weighted by atomic mass is 16.5. The number of amides is 1. The number of rotatable bonds is 6. The molecule has 2 atom stereocenters. The largest absolute Gasteiger partial charge is 0.462 e. The van der Waals surface area contributed by atoms with Gasteiger partial charge >= 0.3 is 5.97 Å². The molecule has 7 heteroatoms. The summed E-state index contributed by atoms with van der Waals surface area (Å²) in [6.07, 6.45) is 4.48. The van der Waals surface area contributed by atoms with Crippen LogP contribution < -0.4 is 10.9 Å². The molecule has 0 aromatic carbocycles. The van der Waals surface area contributed by atoms with E-state index in [1.807, 2.05) is 6.92 Å². The van der Waals surface area contributed by atoms with Crippen molar-refractivity contribution >= 4 is 11.9 Å². The highest BCUT2D eigenvalue weighted by Gasteiger charge is 2.33. The Morgan fingerprint density at radius 2 is 2.12 bits per heavy atom. The lowest BCUT2D eigenvalue weighted by molar-refractivity contribution is -0.123. The lowest BCUT2D eigenvalue weighted by Crippen LogP contribution is -2.41. The average Bonchev–Trinajstić information content (AvgIpc) is 2.55. The zero-order valence-corrected chi connectivity index (χ0v) is 14.5. The van der Waals surface area contributed by atoms with Gasteiger partial charge < -0.3 is 10.1 Å². The summed E-state index contributed by atoms with van der Waals surface area (Å²) in [5.74, 6) is -0.810. The Morgan fingerprint density at radius 1 is 1.38 bits per heavy atom. The summed E-state index contributed by atoms with van der Waals surface area (Å²) in [6.45, 7) is 6.44. The number of carbonyl (C=O) groups is 2. The van der Waals surface area contributed by atoms with Gasteiger partial charge in [-0.1, -0.05) is 13.3 Å². The SMILES string of the molecule is CCCCNC(=O)C1CCC(C)n2c1ncc(C(=O)OCC)c2=O. The van der Waals surface area contributed by atoms with Gasteiger partial charge in [0.1, 0.15) is 11.4 Å². The average molecular weight is 335 g/mol. The van der Waals surface area contributed by atoms with Crippen molar-refractivity contribution in [3.05, 3.63) is 27.9 Å². The fourth-order valence-corrected chi connectivity index (χ4v) is 2.94. The minimum absolute atomic E-state index is 0.0838. The lowest BCUT2D eigenvalue weighted by Gasteiger charge is -2.29. The third-order valence-electron chi connectivity index (χ3n) is 4.29. The van der Waals surface area contributed by atoms with Gasteiger partial charge in [-0.25, -0.2) is 9.78 Å². The third-order valence-corrected chi connectivity index (χ3v) is 4.29. The molecule has 0 bridgehead atoms. The Morgan fingerprint density at radius 3 is 2.79 bits per heavy atom. The number of fused-ring (bicyclic) bond motifs is 1. The molecule has 0 radical (unpaired) electrons. The topological polar surface area (TPSA) is 90.3 Å². The van der Waals surface area contributed by atoms with E-state index in [9.17, 15) is 14.4 Å². The first kappa shape index (κ1) is 18.2. The van der Waals surface area contributed by atoms with E-state index in [2.05, 4.69) is 17.2 Å². The summed E-state index contributed by atoms with van der Waals surface area (Å²) in [5.41, 5.74) is -0.517. The van der Waals surface area contributed by atoms with Crippen LogP contribution in [0.15, 0.2) is 11.0 Å². The molecule has 2 rings (SSSR count). The number of hydrogen-bond acceptors (Lipinski definition) is 5. The summed E-state index contributed by atoms with van der Waals surface area (Å²) < 4.78 is 6.38. The molecule has 2 heterocycles. The highest BCUT2D eigenvalue weighted by molar-refractivity contribution is 5.89. The number of ether oxygens (including phenoxy) is 1. The quantitative estimate of drug-likeness (QED) is 0.632. The van der Waals surface area contributed by atoms with Crippen molar-refractivity contribution in [2.75, 3.05) is 13.2 Å². The van der Waals surface area contributed by atoms with Crippen molar-refractivity contribution in [3.8, 4) is 0 Å². The second-order valence-corrected chi connectivity index (χ2v) is 6.05. The molecule has 1 aliphatic heterocycles. The van der Waals surface area contributed by atoms with Crippen LogP contribution in [0.3, 0.4) is 0 Å². The fourth-order valence-electron chi connectivity index (χ4n) is 2.94. The number of unbranched alkanes of at least 4 members (excludes halogenated alkanes) is 1. The molecule has 0 saturated carbocycles. The first-order valence-electron chi connectivity index (χ1n) is 8.57. The maximum atomic E-state index is 12.7. The number of esters is 1. The summed E-state index contributed by atoms with van der Waals surface area (Å²) in [5, 5.41) is 2.90. The van der Waals surface area contributed by atoms with Crippen molar-refractivity contribution in [2.24, 2.45) is 0 Å². The number of aromatic nitrogens is 2. The van der Waals surface area contributed by atoms with Crippen molar-refractivity contribution in [1.29, 1.82) is 0 Å². The van der Waals surface area contributed by atoms with Gasteiger partial charge in [-0.3, -0.25) is 14.2 Å². The Bertz CT molecular complexity index is 668. The van der Waals surface area contributed by atoms with E-state index in [0.29, 0.717) is 25.2 Å². The van der Waals surface area contributed by atoms with Gasteiger partial charge in [0, 0.05) is 18.8 Å². The van der Waals surface area contributed by atoms with Crippen molar-refractivity contribution in [1.82, 2.24) is 14.9 Å². The van der Waals surface area contributed by atoms with Crippen LogP contribution in [-0.4, -0.2) is 34.6 Å². The Labute approximate surface area is 141 Å². The zero-order chi connectivity index (χ0) is 17.7. The van der Waals surface area contributed by atoms with Crippen LogP contribution in [0.4, 0.5) is 0 Å². The van der Waals surface area contributed by atoms with Crippen LogP contribution in [0.2, 0.25) is 0 Å². The first-order chi connectivity index (χ1) is 11.5. The first-order valence-corrected chi connectivity index (χ1v) is 8.57. The number of carbonyl (C=O) groups excluding carboxylic acids is 2. The number of hydrogen-bond donors (Lipinski definition) is 1. The van der Waals surface area contributed by atoms with Crippen LogP contribution >= 0.6 is 0 Å². The Balaban J connectivity index is 2.34. The van der Waals surface area contributed by atoms with E-state index in [4.69, 9.17) is 4.74 Å². The van der Waals surface area contributed by atoms with E-state index >= 15 is 0 Å². The van der Waals surface area contributed by atoms with Gasteiger partial charge in [0.05, 0.1) is 12.5 Å². The minimum atomic E-state index is -0.674. The molecule has 0 fully saturated rings. The molecule has 0 aliphatic carbocycles. The van der Waals surface area contributed by atoms with E-state index < -0.39 is 17.4 Å². The van der Waals surface area contributed by atoms with Gasteiger partial charge in [0.15, 0.2) is 0 Å². The summed E-state index contributed by atoms with van der Waals surface area (Å²) in [7, 11) is 0. The monoisotopic (exact) mass is 335 g/mol. The van der Waals surface area contributed by atoms with Crippen molar-refractivity contribution < 1.29 is 14.3 Å². The van der Waals surface area contributed by atoms with Crippen LogP contribution in [-0.2, 0) is 9.53 Å². The predicted octanol–water partition coefficient (Wildman–Crippen LogP) is 1.77.